The molecular weight excluding hydrogens is 470 g/mol. The number of thioether (sulfide) groups is 1. The quantitative estimate of drug-likeness (QED) is 0.352. The van der Waals surface area contributed by atoms with Gasteiger partial charge in [-0.3, -0.25) is 18.6 Å². The Labute approximate surface area is 205 Å². The lowest BCUT2D eigenvalue weighted by atomic mass is 10.2. The normalized spacial score (nSPS) is 11.8. The molecule has 0 saturated heterocycles. The van der Waals surface area contributed by atoms with Crippen molar-refractivity contribution in [2.45, 2.75) is 23.8 Å². The Balaban J connectivity index is 1.59. The Morgan fingerprint density at radius 3 is 2.51 bits per heavy atom. The van der Waals surface area contributed by atoms with Crippen LogP contribution in [-0.4, -0.2) is 51.7 Å². The number of methoxy groups -OCH3 is 3. The van der Waals surface area contributed by atoms with Crippen LogP contribution in [0.2, 0.25) is 0 Å². The highest BCUT2D eigenvalue weighted by atomic mass is 32.2. The summed E-state index contributed by atoms with van der Waals surface area (Å²) in [6.45, 7) is 1.90. The monoisotopic (exact) mass is 495 g/mol. The fourth-order valence-corrected chi connectivity index (χ4v) is 4.42. The first-order valence-corrected chi connectivity index (χ1v) is 11.7. The van der Waals surface area contributed by atoms with Crippen LogP contribution in [0.25, 0.3) is 11.3 Å². The van der Waals surface area contributed by atoms with Crippen LogP contribution in [0.15, 0.2) is 64.8 Å². The number of hydrogen-bond acceptors (Lipinski definition) is 8. The van der Waals surface area contributed by atoms with Gasteiger partial charge < -0.3 is 19.5 Å². The average molecular weight is 496 g/mol. The second-order valence-electron chi connectivity index (χ2n) is 7.42. The number of nitrogens with zero attached hydrogens (tertiary/aromatic N) is 4. The molecule has 4 aromatic rings. The molecular formula is C24H25N5O5S. The third kappa shape index (κ3) is 4.94. The highest BCUT2D eigenvalue weighted by molar-refractivity contribution is 8.00. The number of fused-ring (bicyclic) bond motifs is 1. The van der Waals surface area contributed by atoms with E-state index in [1.54, 1.807) is 73.5 Å². The number of amides is 1. The SMILES string of the molecule is CCC(Sc1nnc2c(=O)n(-c3cccc(OC)c3)ccn12)C(=O)Nc1cc(OC)ccc1OC. The van der Waals surface area contributed by atoms with Crippen LogP contribution in [0.4, 0.5) is 5.69 Å². The van der Waals surface area contributed by atoms with Crippen molar-refractivity contribution in [2.75, 3.05) is 26.6 Å². The standard InChI is InChI=1S/C24H25N5O5S/c1-5-20(22(30)25-18-14-17(33-3)9-10-19(18)34-4)35-24-27-26-21-23(31)28(11-12-29(21)24)15-7-6-8-16(13-15)32-2/h6-14,20H,5H2,1-4H3,(H,25,30). The summed E-state index contributed by atoms with van der Waals surface area (Å²) >= 11 is 1.23. The molecule has 1 N–H and O–H groups in total. The minimum absolute atomic E-state index is 0.155. The number of anilines is 1. The molecule has 0 aliphatic carbocycles. The Hall–Kier alpha value is -3.99. The number of nitrogens with one attached hydrogen (secondary N) is 1. The number of ether oxygens (including phenoxy) is 3. The van der Waals surface area contributed by atoms with Crippen LogP contribution in [-0.2, 0) is 4.79 Å². The number of rotatable bonds is 9. The van der Waals surface area contributed by atoms with Gasteiger partial charge in [-0.05, 0) is 30.7 Å². The molecule has 0 bridgehead atoms. The second kappa shape index (κ2) is 10.5. The second-order valence-corrected chi connectivity index (χ2v) is 8.59. The van der Waals surface area contributed by atoms with Crippen molar-refractivity contribution < 1.29 is 19.0 Å². The zero-order valence-electron chi connectivity index (χ0n) is 19.7. The zero-order valence-corrected chi connectivity index (χ0v) is 20.5. The zero-order chi connectivity index (χ0) is 24.9. The van der Waals surface area contributed by atoms with Crippen LogP contribution in [0.5, 0.6) is 17.2 Å². The van der Waals surface area contributed by atoms with E-state index in [4.69, 9.17) is 14.2 Å². The van der Waals surface area contributed by atoms with Crippen LogP contribution in [0, 0.1) is 0 Å². The topological polar surface area (TPSA) is 109 Å². The molecule has 0 aliphatic rings. The molecule has 0 fully saturated rings. The first-order valence-electron chi connectivity index (χ1n) is 10.8. The van der Waals surface area contributed by atoms with Gasteiger partial charge in [0.1, 0.15) is 17.2 Å². The third-order valence-electron chi connectivity index (χ3n) is 5.35. The van der Waals surface area contributed by atoms with Crippen molar-refractivity contribution in [1.29, 1.82) is 0 Å². The summed E-state index contributed by atoms with van der Waals surface area (Å²) in [5.41, 5.74) is 0.969. The maximum atomic E-state index is 13.1. The molecule has 11 heteroatoms. The lowest BCUT2D eigenvalue weighted by Crippen LogP contribution is -2.25. The first kappa shape index (κ1) is 24.1. The molecule has 1 amide bonds. The van der Waals surface area contributed by atoms with E-state index in [-0.39, 0.29) is 17.1 Å². The van der Waals surface area contributed by atoms with Gasteiger partial charge in [-0.25, -0.2) is 0 Å². The predicted octanol–water partition coefficient (Wildman–Crippen LogP) is 3.42. The largest absolute Gasteiger partial charge is 0.497 e. The number of benzene rings is 2. The van der Waals surface area contributed by atoms with Gasteiger partial charge in [-0.1, -0.05) is 24.8 Å². The number of hydrogen-bond donors (Lipinski definition) is 1. The molecule has 10 nitrogen and oxygen atoms in total. The van der Waals surface area contributed by atoms with E-state index < -0.39 is 5.25 Å². The van der Waals surface area contributed by atoms with Crippen molar-refractivity contribution in [3.8, 4) is 22.9 Å². The Kier molecular flexibility index (Phi) is 7.25. The lowest BCUT2D eigenvalue weighted by molar-refractivity contribution is -0.115. The highest BCUT2D eigenvalue weighted by Crippen LogP contribution is 2.31. The van der Waals surface area contributed by atoms with Crippen molar-refractivity contribution in [2.24, 2.45) is 0 Å². The molecule has 1 atom stereocenters. The van der Waals surface area contributed by atoms with Gasteiger partial charge in [0.25, 0.3) is 0 Å². The van der Waals surface area contributed by atoms with Gasteiger partial charge >= 0.3 is 5.56 Å². The van der Waals surface area contributed by atoms with E-state index in [0.717, 1.165) is 0 Å². The van der Waals surface area contributed by atoms with Crippen LogP contribution in [0.3, 0.4) is 0 Å². The molecule has 1 unspecified atom stereocenters. The molecule has 0 radical (unpaired) electrons. The fourth-order valence-electron chi connectivity index (χ4n) is 3.48. The minimum atomic E-state index is -0.487. The molecule has 2 aromatic carbocycles. The van der Waals surface area contributed by atoms with E-state index in [9.17, 15) is 9.59 Å². The fraction of sp³-hybridized carbons (Fsp3) is 0.250. The third-order valence-corrected chi connectivity index (χ3v) is 6.67. The average Bonchev–Trinajstić information content (AvgIpc) is 3.30. The molecule has 35 heavy (non-hydrogen) atoms. The van der Waals surface area contributed by atoms with E-state index in [0.29, 0.717) is 40.2 Å². The van der Waals surface area contributed by atoms with E-state index in [1.807, 2.05) is 6.92 Å². The van der Waals surface area contributed by atoms with Crippen LogP contribution >= 0.6 is 11.8 Å². The number of aromatic nitrogens is 4. The maximum Gasteiger partial charge on any atom is 0.300 e. The predicted molar refractivity (Wildman–Crippen MR) is 133 cm³/mol. The smallest absolute Gasteiger partial charge is 0.300 e. The summed E-state index contributed by atoms with van der Waals surface area (Å²) in [6, 6.07) is 12.3. The summed E-state index contributed by atoms with van der Waals surface area (Å²) in [4.78, 5) is 26.2. The summed E-state index contributed by atoms with van der Waals surface area (Å²) in [5.74, 6) is 1.52. The number of carbonyl (C=O) groups is 1. The van der Waals surface area contributed by atoms with Crippen molar-refractivity contribution >= 4 is 29.0 Å². The first-order chi connectivity index (χ1) is 17.0. The molecule has 4 rings (SSSR count). The highest BCUT2D eigenvalue weighted by Gasteiger charge is 2.23. The maximum absolute atomic E-state index is 13.1. The molecule has 2 heterocycles. The molecule has 0 spiro atoms. The van der Waals surface area contributed by atoms with Gasteiger partial charge in [-0.2, -0.15) is 0 Å². The van der Waals surface area contributed by atoms with Gasteiger partial charge in [0, 0.05) is 24.5 Å². The van der Waals surface area contributed by atoms with Gasteiger partial charge in [0.15, 0.2) is 5.16 Å². The lowest BCUT2D eigenvalue weighted by Gasteiger charge is -2.16. The summed E-state index contributed by atoms with van der Waals surface area (Å²) in [5, 5.41) is 11.1. The van der Waals surface area contributed by atoms with Crippen LogP contribution < -0.4 is 25.1 Å². The minimum Gasteiger partial charge on any atom is -0.497 e. The van der Waals surface area contributed by atoms with Gasteiger partial charge in [0.05, 0.1) is 38.0 Å². The van der Waals surface area contributed by atoms with Crippen molar-refractivity contribution in [3.63, 3.8) is 0 Å². The van der Waals surface area contributed by atoms with E-state index in [1.165, 1.54) is 23.4 Å². The molecule has 182 valence electrons. The summed E-state index contributed by atoms with van der Waals surface area (Å²) in [6.07, 6.45) is 3.87. The van der Waals surface area contributed by atoms with Crippen molar-refractivity contribution in [1.82, 2.24) is 19.2 Å². The Morgan fingerprint density at radius 1 is 1.03 bits per heavy atom. The van der Waals surface area contributed by atoms with E-state index >= 15 is 0 Å². The molecule has 0 aliphatic heterocycles. The number of carbonyl (C=O) groups excluding carboxylic acids is 1. The van der Waals surface area contributed by atoms with Crippen LogP contribution in [0.1, 0.15) is 13.3 Å². The summed E-state index contributed by atoms with van der Waals surface area (Å²) < 4.78 is 18.9. The van der Waals surface area contributed by atoms with E-state index in [2.05, 4.69) is 15.5 Å². The Morgan fingerprint density at radius 2 is 1.80 bits per heavy atom. The van der Waals surface area contributed by atoms with Gasteiger partial charge in [0.2, 0.25) is 11.6 Å². The molecule has 2 aromatic heterocycles. The summed E-state index contributed by atoms with van der Waals surface area (Å²) in [7, 11) is 4.65. The Bertz CT molecular complexity index is 1420. The molecule has 0 saturated carbocycles. The van der Waals surface area contributed by atoms with Gasteiger partial charge in [-0.15, -0.1) is 10.2 Å². The van der Waals surface area contributed by atoms with Crippen molar-refractivity contribution in [3.05, 3.63) is 65.2 Å².